The monoisotopic (exact) mass is 342 g/mol. The molecule has 19 heavy (non-hydrogen) atoms. The topological polar surface area (TPSA) is 37.3 Å². The lowest BCUT2D eigenvalue weighted by atomic mass is 9.91. The molecule has 1 aliphatic rings. The normalized spacial score (nSPS) is 23.3. The summed E-state index contributed by atoms with van der Waals surface area (Å²) in [6, 6.07) is 5.31. The number of carboxylic acids is 1. The highest BCUT2D eigenvalue weighted by molar-refractivity contribution is 9.10. The van der Waals surface area contributed by atoms with E-state index in [9.17, 15) is 4.79 Å². The molecule has 0 bridgehead atoms. The van der Waals surface area contributed by atoms with Gasteiger partial charge in [-0.3, -0.25) is 0 Å². The van der Waals surface area contributed by atoms with Crippen molar-refractivity contribution in [3.05, 3.63) is 33.8 Å². The summed E-state index contributed by atoms with van der Waals surface area (Å²) < 4.78 is 0.906. The van der Waals surface area contributed by atoms with Crippen LogP contribution in [0, 0.1) is 5.92 Å². The number of aromatic carboxylic acids is 1. The lowest BCUT2D eigenvalue weighted by Crippen LogP contribution is -2.15. The Morgan fingerprint density at radius 1 is 1.47 bits per heavy atom. The van der Waals surface area contributed by atoms with Crippen molar-refractivity contribution in [3.63, 3.8) is 0 Å². The molecule has 0 aliphatic heterocycles. The highest BCUT2D eigenvalue weighted by atomic mass is 79.9. The van der Waals surface area contributed by atoms with E-state index in [1.165, 1.54) is 31.2 Å². The Balaban J connectivity index is 1.94. The Morgan fingerprint density at radius 2 is 2.26 bits per heavy atom. The molecule has 1 aromatic carbocycles. The van der Waals surface area contributed by atoms with Gasteiger partial charge in [0.2, 0.25) is 0 Å². The van der Waals surface area contributed by atoms with Gasteiger partial charge in [-0.2, -0.15) is 11.8 Å². The molecule has 1 aliphatic carbocycles. The lowest BCUT2D eigenvalue weighted by molar-refractivity contribution is 0.0697. The maximum atomic E-state index is 10.9. The van der Waals surface area contributed by atoms with E-state index in [1.807, 2.05) is 17.8 Å². The van der Waals surface area contributed by atoms with Gasteiger partial charge in [-0.05, 0) is 36.5 Å². The fraction of sp³-hybridized carbons (Fsp3) is 0.533. The molecule has 1 aromatic rings. The summed E-state index contributed by atoms with van der Waals surface area (Å²) in [6.45, 7) is 2.34. The minimum Gasteiger partial charge on any atom is -0.478 e. The first-order valence-electron chi connectivity index (χ1n) is 6.69. The van der Waals surface area contributed by atoms with Crippen LogP contribution in [-0.4, -0.2) is 16.3 Å². The Bertz CT molecular complexity index is 461. The molecule has 2 atom stereocenters. The van der Waals surface area contributed by atoms with E-state index in [0.29, 0.717) is 5.56 Å². The van der Waals surface area contributed by atoms with E-state index in [4.69, 9.17) is 5.11 Å². The van der Waals surface area contributed by atoms with Crippen LogP contribution in [0.2, 0.25) is 0 Å². The van der Waals surface area contributed by atoms with E-state index in [0.717, 1.165) is 21.4 Å². The molecular formula is C15H19BrO2S. The third-order valence-electron chi connectivity index (χ3n) is 3.66. The highest BCUT2D eigenvalue weighted by Crippen LogP contribution is 2.34. The number of halogens is 1. The van der Waals surface area contributed by atoms with Gasteiger partial charge in [0.05, 0.1) is 5.56 Å². The fourth-order valence-electron chi connectivity index (χ4n) is 2.53. The summed E-state index contributed by atoms with van der Waals surface area (Å²) in [7, 11) is 0. The molecule has 0 heterocycles. The van der Waals surface area contributed by atoms with Crippen molar-refractivity contribution in [1.82, 2.24) is 0 Å². The molecule has 104 valence electrons. The Hall–Kier alpha value is -0.480. The quantitative estimate of drug-likeness (QED) is 0.840. The van der Waals surface area contributed by atoms with Crippen LogP contribution < -0.4 is 0 Å². The van der Waals surface area contributed by atoms with Crippen molar-refractivity contribution in [2.75, 3.05) is 0 Å². The van der Waals surface area contributed by atoms with Gasteiger partial charge in [-0.25, -0.2) is 4.79 Å². The van der Waals surface area contributed by atoms with E-state index in [1.54, 1.807) is 12.1 Å². The van der Waals surface area contributed by atoms with Gasteiger partial charge in [0.1, 0.15) is 0 Å². The van der Waals surface area contributed by atoms with Crippen LogP contribution in [0.1, 0.15) is 48.5 Å². The molecule has 4 heteroatoms. The zero-order chi connectivity index (χ0) is 13.8. The smallest absolute Gasteiger partial charge is 0.335 e. The summed E-state index contributed by atoms with van der Waals surface area (Å²) in [5.41, 5.74) is 1.53. The molecule has 0 saturated heterocycles. The minimum absolute atomic E-state index is 0.340. The second-order valence-electron chi connectivity index (χ2n) is 5.32. The largest absolute Gasteiger partial charge is 0.478 e. The van der Waals surface area contributed by atoms with E-state index < -0.39 is 5.97 Å². The molecule has 1 saturated carbocycles. The van der Waals surface area contributed by atoms with E-state index in [2.05, 4.69) is 22.9 Å². The summed E-state index contributed by atoms with van der Waals surface area (Å²) in [6.07, 6.45) is 5.35. The summed E-state index contributed by atoms with van der Waals surface area (Å²) in [5.74, 6) is 0.933. The Morgan fingerprint density at radius 3 is 2.89 bits per heavy atom. The van der Waals surface area contributed by atoms with Crippen molar-refractivity contribution in [2.24, 2.45) is 5.92 Å². The van der Waals surface area contributed by atoms with Gasteiger partial charge in [0, 0.05) is 15.5 Å². The fourth-order valence-corrected chi connectivity index (χ4v) is 4.70. The van der Waals surface area contributed by atoms with Crippen molar-refractivity contribution in [3.8, 4) is 0 Å². The van der Waals surface area contributed by atoms with Crippen molar-refractivity contribution in [2.45, 2.75) is 43.6 Å². The molecule has 0 spiro atoms. The number of carboxylic acid groups (broad SMARTS) is 1. The first-order chi connectivity index (χ1) is 9.06. The molecule has 0 radical (unpaired) electrons. The predicted molar refractivity (Wildman–Crippen MR) is 83.8 cm³/mol. The number of hydrogen-bond acceptors (Lipinski definition) is 2. The second kappa shape index (κ2) is 6.80. The van der Waals surface area contributed by atoms with Gasteiger partial charge in [-0.15, -0.1) is 0 Å². The van der Waals surface area contributed by atoms with E-state index in [-0.39, 0.29) is 0 Å². The number of hydrogen-bond donors (Lipinski definition) is 1. The lowest BCUT2D eigenvalue weighted by Gasteiger charge is -2.26. The zero-order valence-electron chi connectivity index (χ0n) is 11.1. The summed E-state index contributed by atoms with van der Waals surface area (Å²) in [4.78, 5) is 10.9. The summed E-state index contributed by atoms with van der Waals surface area (Å²) in [5, 5.41) is 9.70. The van der Waals surface area contributed by atoms with Crippen LogP contribution in [0.5, 0.6) is 0 Å². The Labute approximate surface area is 127 Å². The van der Waals surface area contributed by atoms with Crippen LogP contribution in [0.3, 0.4) is 0 Å². The molecular weight excluding hydrogens is 324 g/mol. The van der Waals surface area contributed by atoms with Crippen LogP contribution in [0.25, 0.3) is 0 Å². The zero-order valence-corrected chi connectivity index (χ0v) is 13.5. The minimum atomic E-state index is -0.874. The molecule has 1 fully saturated rings. The van der Waals surface area contributed by atoms with Gasteiger partial charge < -0.3 is 5.11 Å². The van der Waals surface area contributed by atoms with Crippen LogP contribution >= 0.6 is 27.7 Å². The van der Waals surface area contributed by atoms with Crippen LogP contribution in [-0.2, 0) is 5.75 Å². The van der Waals surface area contributed by atoms with Crippen molar-refractivity contribution >= 4 is 33.7 Å². The SMILES string of the molecule is CC1CCCC(SCc2ccc(C(=O)O)cc2Br)C1. The van der Waals surface area contributed by atoms with Gasteiger partial charge in [0.25, 0.3) is 0 Å². The van der Waals surface area contributed by atoms with E-state index >= 15 is 0 Å². The number of carbonyl (C=O) groups is 1. The number of benzene rings is 1. The van der Waals surface area contributed by atoms with Gasteiger partial charge >= 0.3 is 5.97 Å². The Kier molecular flexibility index (Phi) is 5.34. The molecule has 0 aromatic heterocycles. The molecule has 2 unspecified atom stereocenters. The number of rotatable bonds is 4. The number of thioether (sulfide) groups is 1. The highest BCUT2D eigenvalue weighted by Gasteiger charge is 2.19. The molecule has 2 rings (SSSR count). The van der Waals surface area contributed by atoms with Crippen molar-refractivity contribution < 1.29 is 9.90 Å². The van der Waals surface area contributed by atoms with Gasteiger partial charge in [-0.1, -0.05) is 41.8 Å². The third-order valence-corrected chi connectivity index (χ3v) is 5.78. The molecule has 2 nitrogen and oxygen atoms in total. The maximum absolute atomic E-state index is 10.9. The molecule has 0 amide bonds. The standard InChI is InChI=1S/C15H19BrO2S/c1-10-3-2-4-13(7-10)19-9-12-6-5-11(15(17)18)8-14(12)16/h5-6,8,10,13H,2-4,7,9H2,1H3,(H,17,18). The van der Waals surface area contributed by atoms with Crippen LogP contribution in [0.4, 0.5) is 0 Å². The second-order valence-corrected chi connectivity index (χ2v) is 7.46. The average Bonchev–Trinajstić information content (AvgIpc) is 2.37. The summed E-state index contributed by atoms with van der Waals surface area (Å²) >= 11 is 5.48. The predicted octanol–water partition coefficient (Wildman–Crippen LogP) is 4.96. The average molecular weight is 343 g/mol. The third kappa shape index (κ3) is 4.25. The molecule has 1 N–H and O–H groups in total. The van der Waals surface area contributed by atoms with Crippen molar-refractivity contribution in [1.29, 1.82) is 0 Å². The first-order valence-corrected chi connectivity index (χ1v) is 8.53. The van der Waals surface area contributed by atoms with Gasteiger partial charge in [0.15, 0.2) is 0 Å². The maximum Gasteiger partial charge on any atom is 0.335 e. The first kappa shape index (κ1) is 14.9. The van der Waals surface area contributed by atoms with Crippen LogP contribution in [0.15, 0.2) is 22.7 Å².